The molecule has 0 spiro atoms. The van der Waals surface area contributed by atoms with Crippen LogP contribution in [-0.4, -0.2) is 41.4 Å². The fourth-order valence-corrected chi connectivity index (χ4v) is 9.17. The van der Waals surface area contributed by atoms with Gasteiger partial charge in [0, 0.05) is 12.3 Å². The maximum absolute atomic E-state index is 11.8. The number of esters is 1. The number of hydrogen-bond donors (Lipinski definition) is 0. The summed E-state index contributed by atoms with van der Waals surface area (Å²) in [6, 6.07) is 0. The highest BCUT2D eigenvalue weighted by Gasteiger charge is 2.50. The van der Waals surface area contributed by atoms with Crippen molar-refractivity contribution in [2.75, 3.05) is 6.61 Å². The smallest absolute Gasteiger partial charge is 0.305 e. The summed E-state index contributed by atoms with van der Waals surface area (Å²) < 4.78 is 19.5. The molecule has 0 unspecified atom stereocenters. The van der Waals surface area contributed by atoms with Gasteiger partial charge in [0.2, 0.25) is 0 Å². The van der Waals surface area contributed by atoms with Gasteiger partial charge in [-0.3, -0.25) is 4.79 Å². The summed E-state index contributed by atoms with van der Waals surface area (Å²) in [5.41, 5.74) is 2.99. The van der Waals surface area contributed by atoms with E-state index in [-0.39, 0.29) is 28.3 Å². The topological polar surface area (TPSA) is 44.8 Å². The van der Waals surface area contributed by atoms with E-state index in [9.17, 15) is 4.79 Å². The lowest BCUT2D eigenvalue weighted by Gasteiger charge is -2.40. The molecule has 0 aliphatic heterocycles. The summed E-state index contributed by atoms with van der Waals surface area (Å²) in [6.07, 6.45) is 19.5. The van der Waals surface area contributed by atoms with E-state index < -0.39 is 16.6 Å². The van der Waals surface area contributed by atoms with Crippen LogP contribution in [0.15, 0.2) is 35.5 Å². The van der Waals surface area contributed by atoms with Gasteiger partial charge in [0.1, 0.15) is 0 Å². The van der Waals surface area contributed by atoms with Crippen molar-refractivity contribution in [2.45, 2.75) is 175 Å². The molecule has 4 nitrogen and oxygen atoms in total. The molecule has 0 saturated heterocycles. The molecule has 0 bridgehead atoms. The van der Waals surface area contributed by atoms with Crippen LogP contribution in [0.2, 0.25) is 36.3 Å². The van der Waals surface area contributed by atoms with Gasteiger partial charge in [-0.1, -0.05) is 83.9 Å². The summed E-state index contributed by atoms with van der Waals surface area (Å²) in [4.78, 5) is 11.8. The second-order valence-electron chi connectivity index (χ2n) is 17.6. The van der Waals surface area contributed by atoms with Crippen LogP contribution in [0.5, 0.6) is 0 Å². The molecule has 45 heavy (non-hydrogen) atoms. The first-order valence-electron chi connectivity index (χ1n) is 18.2. The average molecular weight is 661 g/mol. The van der Waals surface area contributed by atoms with Crippen LogP contribution in [0.4, 0.5) is 0 Å². The Labute approximate surface area is 281 Å². The van der Waals surface area contributed by atoms with Crippen molar-refractivity contribution in [1.29, 1.82) is 0 Å². The molecular weight excluding hydrogens is 589 g/mol. The number of hydrogen-bond acceptors (Lipinski definition) is 4. The van der Waals surface area contributed by atoms with Gasteiger partial charge in [-0.25, -0.2) is 0 Å². The molecule has 2 rings (SSSR count). The summed E-state index contributed by atoms with van der Waals surface area (Å²) >= 11 is 0. The maximum atomic E-state index is 11.8. The van der Waals surface area contributed by atoms with E-state index in [4.69, 9.17) is 13.6 Å². The second kappa shape index (κ2) is 16.9. The lowest BCUT2D eigenvalue weighted by atomic mass is 9.89. The fraction of sp³-hybridized carbons (Fsp3) is 0.821. The van der Waals surface area contributed by atoms with Crippen LogP contribution in [0.1, 0.15) is 127 Å². The van der Waals surface area contributed by atoms with E-state index in [1.54, 1.807) is 5.57 Å². The van der Waals surface area contributed by atoms with Crippen molar-refractivity contribution >= 4 is 22.6 Å². The standard InChI is InChI=1S/C39H72O4Si2/c1-15-41-37(40)22-17-16-21-31-26-32-28-36(43-45(13,14)39(8,9)10)34(35(32)27-31)24-23-33(42-44(11,12)38(5,6)7)25-30(4)20-18-19-29(2)3/h19,21,23-24,30,32-36H,15-18,20,22,25-28H2,1-14H3/t30-,32+,33-,34+,35+,36-/m1/s1. The zero-order valence-corrected chi connectivity index (χ0v) is 34.0. The van der Waals surface area contributed by atoms with Crippen LogP contribution in [-0.2, 0) is 18.4 Å². The van der Waals surface area contributed by atoms with Gasteiger partial charge < -0.3 is 13.6 Å². The van der Waals surface area contributed by atoms with Crippen LogP contribution in [0, 0.1) is 23.7 Å². The van der Waals surface area contributed by atoms with E-state index in [1.807, 2.05) is 6.92 Å². The highest BCUT2D eigenvalue weighted by atomic mass is 28.4. The molecule has 6 heteroatoms. The number of fused-ring (bicyclic) bond motifs is 1. The number of allylic oxidation sites excluding steroid dienone is 4. The predicted molar refractivity (Wildman–Crippen MR) is 199 cm³/mol. The summed E-state index contributed by atoms with van der Waals surface area (Å²) in [5.74, 6) is 2.24. The van der Waals surface area contributed by atoms with Gasteiger partial charge in [0.05, 0.1) is 18.8 Å². The van der Waals surface area contributed by atoms with Crippen LogP contribution >= 0.6 is 0 Å². The van der Waals surface area contributed by atoms with E-state index in [0.717, 1.165) is 38.5 Å². The Bertz CT molecular complexity index is 1020. The normalized spacial score (nSPS) is 25.1. The summed E-state index contributed by atoms with van der Waals surface area (Å²) in [6.45, 7) is 32.9. The van der Waals surface area contributed by atoms with E-state index >= 15 is 0 Å². The molecule has 260 valence electrons. The fourth-order valence-electron chi connectivity index (χ4n) is 6.53. The number of ether oxygens (including phenoxy) is 1. The molecule has 2 fully saturated rings. The zero-order chi connectivity index (χ0) is 34.2. The molecule has 0 aromatic heterocycles. The molecule has 0 aromatic carbocycles. The van der Waals surface area contributed by atoms with Gasteiger partial charge in [-0.05, 0) is 126 Å². The number of carbonyl (C=O) groups excluding carboxylic acids is 1. The minimum absolute atomic E-state index is 0.0734. The molecule has 6 atom stereocenters. The Morgan fingerprint density at radius 2 is 1.62 bits per heavy atom. The molecule has 0 heterocycles. The molecule has 2 aliphatic rings. The van der Waals surface area contributed by atoms with Crippen molar-refractivity contribution in [3.05, 3.63) is 35.5 Å². The SMILES string of the molecule is CCOC(=O)CCCC=C1C[C@H]2C[C@@H](O[Si](C)(C)C(C)(C)C)[C@@H](C=C[C@H](C[C@H](C)CCC=C(C)C)O[Si](C)(C)C(C)(C)C)[C@H]2C1. The third-order valence-corrected chi connectivity index (χ3v) is 20.3. The van der Waals surface area contributed by atoms with Gasteiger partial charge in [-0.2, -0.15) is 0 Å². The first kappa shape index (κ1) is 40.2. The minimum atomic E-state index is -1.94. The molecule has 0 aromatic rings. The van der Waals surface area contributed by atoms with E-state index in [0.29, 0.717) is 36.7 Å². The lowest BCUT2D eigenvalue weighted by Crippen LogP contribution is -2.45. The Morgan fingerprint density at radius 3 is 2.20 bits per heavy atom. The van der Waals surface area contributed by atoms with Crippen LogP contribution in [0.3, 0.4) is 0 Å². The highest BCUT2D eigenvalue weighted by molar-refractivity contribution is 6.74. The quantitative estimate of drug-likeness (QED) is 0.0715. The van der Waals surface area contributed by atoms with Crippen molar-refractivity contribution in [1.82, 2.24) is 0 Å². The van der Waals surface area contributed by atoms with Gasteiger partial charge in [0.25, 0.3) is 0 Å². The third-order valence-electron chi connectivity index (χ3n) is 11.3. The highest BCUT2D eigenvalue weighted by Crippen LogP contribution is 2.53. The Balaban J connectivity index is 2.31. The summed E-state index contributed by atoms with van der Waals surface area (Å²) in [5, 5.41) is 0.368. The number of carbonyl (C=O) groups is 1. The molecule has 0 N–H and O–H groups in total. The Hall–Kier alpha value is -0.956. The molecule has 2 aliphatic carbocycles. The largest absolute Gasteiger partial charge is 0.466 e. The number of rotatable bonds is 16. The van der Waals surface area contributed by atoms with E-state index in [2.05, 4.69) is 113 Å². The summed E-state index contributed by atoms with van der Waals surface area (Å²) in [7, 11) is -3.85. The van der Waals surface area contributed by atoms with Crippen LogP contribution in [0.25, 0.3) is 0 Å². The lowest BCUT2D eigenvalue weighted by molar-refractivity contribution is -0.143. The third kappa shape index (κ3) is 12.5. The predicted octanol–water partition coefficient (Wildman–Crippen LogP) is 11.8. The van der Waals surface area contributed by atoms with Gasteiger partial charge in [-0.15, -0.1) is 0 Å². The first-order valence-corrected chi connectivity index (χ1v) is 24.0. The van der Waals surface area contributed by atoms with Crippen LogP contribution < -0.4 is 0 Å². The van der Waals surface area contributed by atoms with Crippen molar-refractivity contribution in [3.63, 3.8) is 0 Å². The average Bonchev–Trinajstić information content (AvgIpc) is 3.40. The maximum Gasteiger partial charge on any atom is 0.305 e. The molecule has 0 amide bonds. The van der Waals surface area contributed by atoms with Crippen molar-refractivity contribution in [2.24, 2.45) is 23.7 Å². The van der Waals surface area contributed by atoms with Gasteiger partial charge >= 0.3 is 5.97 Å². The van der Waals surface area contributed by atoms with E-state index in [1.165, 1.54) is 18.4 Å². The van der Waals surface area contributed by atoms with Gasteiger partial charge in [0.15, 0.2) is 16.6 Å². The minimum Gasteiger partial charge on any atom is -0.466 e. The molecule has 2 saturated carbocycles. The zero-order valence-electron chi connectivity index (χ0n) is 32.0. The number of unbranched alkanes of at least 4 members (excludes halogenated alkanes) is 1. The van der Waals surface area contributed by atoms with Crippen molar-refractivity contribution < 1.29 is 18.4 Å². The first-order chi connectivity index (χ1) is 20.7. The molecular formula is C39H72O4Si2. The molecule has 0 radical (unpaired) electrons. The Kier molecular flexibility index (Phi) is 15.1. The Morgan fingerprint density at radius 1 is 0.978 bits per heavy atom. The second-order valence-corrected chi connectivity index (χ2v) is 27.1. The van der Waals surface area contributed by atoms with Crippen molar-refractivity contribution in [3.8, 4) is 0 Å². The monoisotopic (exact) mass is 660 g/mol.